The third-order valence-corrected chi connectivity index (χ3v) is 2.32. The van der Waals surface area contributed by atoms with E-state index in [9.17, 15) is 0 Å². The van der Waals surface area contributed by atoms with E-state index >= 15 is 0 Å². The van der Waals surface area contributed by atoms with Crippen LogP contribution in [0.1, 0.15) is 11.4 Å². The highest BCUT2D eigenvalue weighted by Crippen LogP contribution is 2.12. The zero-order chi connectivity index (χ0) is 7.68. The van der Waals surface area contributed by atoms with Gasteiger partial charge < -0.3 is 4.74 Å². The van der Waals surface area contributed by atoms with Gasteiger partial charge in [0.05, 0.1) is 31.1 Å². The summed E-state index contributed by atoms with van der Waals surface area (Å²) in [5, 5.41) is 5.19. The first-order chi connectivity index (χ1) is 5.40. The highest BCUT2D eigenvalue weighted by atomic mass is 79.9. The van der Waals surface area contributed by atoms with E-state index in [0.717, 1.165) is 24.2 Å². The fourth-order valence-electron chi connectivity index (χ4n) is 1.22. The molecule has 3 nitrogen and oxygen atoms in total. The standard InChI is InChI=1S/C7H9BrN2O/c8-4-6-3-7-5-11-2-1-10(7)9-6/h3H,1-2,4-5H2. The summed E-state index contributed by atoms with van der Waals surface area (Å²) in [5.41, 5.74) is 2.27. The van der Waals surface area contributed by atoms with Crippen LogP contribution in [0, 0.1) is 0 Å². The molecular weight excluding hydrogens is 208 g/mol. The van der Waals surface area contributed by atoms with Crippen molar-refractivity contribution in [1.82, 2.24) is 9.78 Å². The molecule has 2 rings (SSSR count). The molecule has 0 atom stereocenters. The van der Waals surface area contributed by atoms with E-state index in [0.29, 0.717) is 6.61 Å². The van der Waals surface area contributed by atoms with Crippen LogP contribution in [0.3, 0.4) is 0 Å². The molecule has 1 aromatic rings. The second-order valence-electron chi connectivity index (χ2n) is 2.54. The van der Waals surface area contributed by atoms with Crippen molar-refractivity contribution in [1.29, 1.82) is 0 Å². The molecule has 0 N–H and O–H groups in total. The van der Waals surface area contributed by atoms with E-state index in [1.165, 1.54) is 5.69 Å². The van der Waals surface area contributed by atoms with Gasteiger partial charge in [-0.1, -0.05) is 15.9 Å². The lowest BCUT2D eigenvalue weighted by molar-refractivity contribution is 0.0800. The van der Waals surface area contributed by atoms with Gasteiger partial charge in [0.2, 0.25) is 0 Å². The van der Waals surface area contributed by atoms with Crippen LogP contribution in [0.2, 0.25) is 0 Å². The molecule has 0 amide bonds. The highest BCUT2D eigenvalue weighted by molar-refractivity contribution is 9.08. The Balaban J connectivity index is 2.32. The first-order valence-electron chi connectivity index (χ1n) is 3.59. The van der Waals surface area contributed by atoms with Crippen molar-refractivity contribution in [2.75, 3.05) is 6.61 Å². The molecule has 60 valence electrons. The zero-order valence-corrected chi connectivity index (χ0v) is 7.67. The number of rotatable bonds is 1. The Kier molecular flexibility index (Phi) is 1.96. The van der Waals surface area contributed by atoms with Crippen LogP contribution in [-0.2, 0) is 23.2 Å². The number of hydrogen-bond acceptors (Lipinski definition) is 2. The summed E-state index contributed by atoms with van der Waals surface area (Å²) < 4.78 is 7.29. The molecule has 1 aliphatic rings. The van der Waals surface area contributed by atoms with Gasteiger partial charge in [-0.05, 0) is 6.07 Å². The van der Waals surface area contributed by atoms with Crippen LogP contribution in [-0.4, -0.2) is 16.4 Å². The zero-order valence-electron chi connectivity index (χ0n) is 6.09. The summed E-state index contributed by atoms with van der Waals surface area (Å²) in [6.45, 7) is 2.39. The van der Waals surface area contributed by atoms with Crippen molar-refractivity contribution in [3.8, 4) is 0 Å². The van der Waals surface area contributed by atoms with Crippen LogP contribution in [0.4, 0.5) is 0 Å². The van der Waals surface area contributed by atoms with Crippen molar-refractivity contribution < 1.29 is 4.74 Å². The first kappa shape index (κ1) is 7.31. The maximum absolute atomic E-state index is 5.28. The second kappa shape index (κ2) is 2.95. The average Bonchev–Trinajstić information content (AvgIpc) is 2.46. The summed E-state index contributed by atoms with van der Waals surface area (Å²) >= 11 is 3.37. The van der Waals surface area contributed by atoms with Crippen molar-refractivity contribution in [2.24, 2.45) is 0 Å². The van der Waals surface area contributed by atoms with Gasteiger partial charge in [0.15, 0.2) is 0 Å². The minimum Gasteiger partial charge on any atom is -0.373 e. The van der Waals surface area contributed by atoms with Crippen molar-refractivity contribution >= 4 is 15.9 Å². The van der Waals surface area contributed by atoms with Gasteiger partial charge in [0.1, 0.15) is 0 Å². The van der Waals surface area contributed by atoms with Crippen molar-refractivity contribution in [3.63, 3.8) is 0 Å². The third-order valence-electron chi connectivity index (χ3n) is 1.75. The molecule has 2 heterocycles. The van der Waals surface area contributed by atoms with Gasteiger partial charge in [-0.2, -0.15) is 5.10 Å². The molecule has 11 heavy (non-hydrogen) atoms. The summed E-state index contributed by atoms with van der Waals surface area (Å²) in [4.78, 5) is 0. The molecule has 0 unspecified atom stereocenters. The van der Waals surface area contributed by atoms with E-state index in [1.807, 2.05) is 4.68 Å². The topological polar surface area (TPSA) is 27.1 Å². The first-order valence-corrected chi connectivity index (χ1v) is 4.71. The molecule has 1 aromatic heterocycles. The SMILES string of the molecule is BrCc1cc2n(n1)CCOC2. The Bertz CT molecular complexity index is 235. The van der Waals surface area contributed by atoms with Gasteiger partial charge in [-0.15, -0.1) is 0 Å². The Morgan fingerprint density at radius 2 is 2.64 bits per heavy atom. The summed E-state index contributed by atoms with van der Waals surface area (Å²) in [6.07, 6.45) is 0. The minimum absolute atomic E-state index is 0.708. The van der Waals surface area contributed by atoms with E-state index < -0.39 is 0 Å². The second-order valence-corrected chi connectivity index (χ2v) is 3.10. The van der Waals surface area contributed by atoms with Crippen molar-refractivity contribution in [2.45, 2.75) is 18.5 Å². The lowest BCUT2D eigenvalue weighted by Crippen LogP contribution is -2.16. The van der Waals surface area contributed by atoms with Gasteiger partial charge in [0.25, 0.3) is 0 Å². The fraction of sp³-hybridized carbons (Fsp3) is 0.571. The maximum Gasteiger partial charge on any atom is 0.0885 e. The normalized spacial score (nSPS) is 16.5. The molecule has 4 heteroatoms. The Labute approximate surface area is 73.5 Å². The monoisotopic (exact) mass is 216 g/mol. The number of fused-ring (bicyclic) bond motifs is 1. The quantitative estimate of drug-likeness (QED) is 0.663. The van der Waals surface area contributed by atoms with Gasteiger partial charge in [-0.25, -0.2) is 0 Å². The maximum atomic E-state index is 5.28. The van der Waals surface area contributed by atoms with Gasteiger partial charge >= 0.3 is 0 Å². The molecule has 0 bridgehead atoms. The lowest BCUT2D eigenvalue weighted by Gasteiger charge is -2.12. The van der Waals surface area contributed by atoms with Crippen LogP contribution in [0.25, 0.3) is 0 Å². The molecule has 0 fully saturated rings. The third kappa shape index (κ3) is 1.32. The molecule has 1 aliphatic heterocycles. The molecular formula is C7H9BrN2O. The average molecular weight is 217 g/mol. The van der Waals surface area contributed by atoms with E-state index in [2.05, 4.69) is 27.1 Å². The Hall–Kier alpha value is -0.350. The van der Waals surface area contributed by atoms with Crippen molar-refractivity contribution in [3.05, 3.63) is 17.5 Å². The highest BCUT2D eigenvalue weighted by Gasteiger charge is 2.10. The molecule has 0 aliphatic carbocycles. The van der Waals surface area contributed by atoms with E-state index in [1.54, 1.807) is 0 Å². The minimum atomic E-state index is 0.708. The lowest BCUT2D eigenvalue weighted by atomic mass is 10.3. The number of hydrogen-bond donors (Lipinski definition) is 0. The smallest absolute Gasteiger partial charge is 0.0885 e. The number of alkyl halides is 1. The molecule has 0 saturated carbocycles. The molecule has 0 radical (unpaired) electrons. The largest absolute Gasteiger partial charge is 0.373 e. The Morgan fingerprint density at radius 3 is 3.36 bits per heavy atom. The van der Waals surface area contributed by atoms with E-state index in [-0.39, 0.29) is 0 Å². The predicted molar refractivity (Wildman–Crippen MR) is 44.5 cm³/mol. The van der Waals surface area contributed by atoms with Gasteiger partial charge in [0, 0.05) is 5.33 Å². The number of ether oxygens (including phenoxy) is 1. The summed E-state index contributed by atoms with van der Waals surface area (Å²) in [5.74, 6) is 0. The number of nitrogens with zero attached hydrogens (tertiary/aromatic N) is 2. The molecule has 0 saturated heterocycles. The van der Waals surface area contributed by atoms with Crippen LogP contribution in [0.15, 0.2) is 6.07 Å². The van der Waals surface area contributed by atoms with E-state index in [4.69, 9.17) is 4.74 Å². The van der Waals surface area contributed by atoms with Crippen LogP contribution < -0.4 is 0 Å². The molecule has 0 spiro atoms. The van der Waals surface area contributed by atoms with Crippen LogP contribution >= 0.6 is 15.9 Å². The molecule has 0 aromatic carbocycles. The summed E-state index contributed by atoms with van der Waals surface area (Å²) in [6, 6.07) is 2.08. The fourth-order valence-corrected chi connectivity index (χ4v) is 1.49. The summed E-state index contributed by atoms with van der Waals surface area (Å²) in [7, 11) is 0. The number of halogens is 1. The Morgan fingerprint density at radius 1 is 1.73 bits per heavy atom. The van der Waals surface area contributed by atoms with Gasteiger partial charge in [-0.3, -0.25) is 4.68 Å². The number of aromatic nitrogens is 2. The van der Waals surface area contributed by atoms with Crippen LogP contribution in [0.5, 0.6) is 0 Å². The predicted octanol–water partition coefficient (Wildman–Crippen LogP) is 1.31.